The number of likely N-dealkylation sites (N-methyl/N-ethyl adjacent to an activating group) is 1. The number of nitrogen functional groups attached to an aromatic ring is 1. The quantitative estimate of drug-likeness (QED) is 0.486. The molecule has 3 aromatic heterocycles. The molecule has 1 fully saturated rings. The summed E-state index contributed by atoms with van der Waals surface area (Å²) in [4.78, 5) is 15.6. The number of rotatable bonds is 4. The van der Waals surface area contributed by atoms with Gasteiger partial charge in [0.1, 0.15) is 29.1 Å². The maximum absolute atomic E-state index is 6.35. The number of ether oxygens (including phenoxy) is 1. The summed E-state index contributed by atoms with van der Waals surface area (Å²) < 4.78 is 6.35. The van der Waals surface area contributed by atoms with Crippen molar-refractivity contribution in [2.24, 2.45) is 0 Å². The molecule has 1 aliphatic heterocycles. The standard InChI is InChI=1S/C20H22N8O/c1-11-3-4-14-13(8-25-27-14)18(11)29-20-17-15(23-10-24-19(17)21)7-16(26-20)28-6-5-12(9-28)22-2/h3-4,7-8,10,12,22H,5-6,9H2,1-2H3,(H,25,27)(H2,21,23,24)/t12-/m1/s1. The number of pyridine rings is 1. The number of aryl methyl sites for hydroxylation is 1. The first-order valence-corrected chi connectivity index (χ1v) is 9.58. The number of nitrogens with two attached hydrogens (primary N) is 1. The van der Waals surface area contributed by atoms with Gasteiger partial charge in [0.2, 0.25) is 5.88 Å². The molecule has 1 saturated heterocycles. The average Bonchev–Trinajstić information content (AvgIpc) is 3.39. The first-order valence-electron chi connectivity index (χ1n) is 9.58. The third-order valence-corrected chi connectivity index (χ3v) is 5.49. The van der Waals surface area contributed by atoms with Crippen LogP contribution in [0.4, 0.5) is 11.6 Å². The molecule has 0 bridgehead atoms. The molecule has 0 aliphatic carbocycles. The van der Waals surface area contributed by atoms with Crippen LogP contribution in [0.2, 0.25) is 0 Å². The largest absolute Gasteiger partial charge is 0.437 e. The first-order chi connectivity index (χ1) is 14.1. The van der Waals surface area contributed by atoms with Gasteiger partial charge in [-0.2, -0.15) is 10.1 Å². The van der Waals surface area contributed by atoms with E-state index in [2.05, 4.69) is 30.4 Å². The van der Waals surface area contributed by atoms with Gasteiger partial charge in [-0.1, -0.05) is 6.07 Å². The topological polar surface area (TPSA) is 118 Å². The van der Waals surface area contributed by atoms with Crippen LogP contribution < -0.4 is 20.7 Å². The molecule has 0 saturated carbocycles. The van der Waals surface area contributed by atoms with E-state index in [1.54, 1.807) is 6.20 Å². The van der Waals surface area contributed by atoms with Crippen LogP contribution >= 0.6 is 0 Å². The highest BCUT2D eigenvalue weighted by Crippen LogP contribution is 2.37. The molecule has 4 heterocycles. The van der Waals surface area contributed by atoms with Gasteiger partial charge in [-0.15, -0.1) is 0 Å². The molecule has 4 aromatic rings. The maximum Gasteiger partial charge on any atom is 0.234 e. The monoisotopic (exact) mass is 390 g/mol. The van der Waals surface area contributed by atoms with Crippen molar-refractivity contribution in [2.45, 2.75) is 19.4 Å². The van der Waals surface area contributed by atoms with E-state index < -0.39 is 0 Å². The van der Waals surface area contributed by atoms with Crippen LogP contribution in [0.25, 0.3) is 21.8 Å². The Bertz CT molecular complexity index is 1200. The molecule has 29 heavy (non-hydrogen) atoms. The lowest BCUT2D eigenvalue weighted by Crippen LogP contribution is -2.29. The van der Waals surface area contributed by atoms with Gasteiger partial charge < -0.3 is 20.7 Å². The molecule has 1 atom stereocenters. The number of aromatic nitrogens is 5. The van der Waals surface area contributed by atoms with E-state index in [4.69, 9.17) is 15.5 Å². The van der Waals surface area contributed by atoms with Crippen molar-refractivity contribution in [3.8, 4) is 11.6 Å². The van der Waals surface area contributed by atoms with E-state index in [9.17, 15) is 0 Å². The van der Waals surface area contributed by atoms with E-state index in [1.165, 1.54) is 6.33 Å². The molecule has 0 amide bonds. The van der Waals surface area contributed by atoms with Crippen molar-refractivity contribution in [3.05, 3.63) is 36.3 Å². The molecule has 0 radical (unpaired) electrons. The van der Waals surface area contributed by atoms with Crippen molar-refractivity contribution in [1.29, 1.82) is 0 Å². The number of benzene rings is 1. The molecule has 9 nitrogen and oxygen atoms in total. The average molecular weight is 390 g/mol. The van der Waals surface area contributed by atoms with Crippen LogP contribution in [0, 0.1) is 6.92 Å². The Morgan fingerprint density at radius 3 is 3.03 bits per heavy atom. The molecule has 1 aromatic carbocycles. The Labute approximate surface area is 167 Å². The molecule has 5 rings (SSSR count). The summed E-state index contributed by atoms with van der Waals surface area (Å²) in [6.45, 7) is 3.79. The predicted octanol–water partition coefficient (Wildman–Crippen LogP) is 2.38. The van der Waals surface area contributed by atoms with E-state index in [1.807, 2.05) is 32.2 Å². The molecule has 0 unspecified atom stereocenters. The molecule has 4 N–H and O–H groups in total. The normalized spacial score (nSPS) is 16.8. The lowest BCUT2D eigenvalue weighted by Gasteiger charge is -2.20. The van der Waals surface area contributed by atoms with Crippen LogP contribution in [0.15, 0.2) is 30.7 Å². The first kappa shape index (κ1) is 17.6. The number of H-pyrrole nitrogens is 1. The van der Waals surface area contributed by atoms with Crippen LogP contribution in [0.5, 0.6) is 11.6 Å². The van der Waals surface area contributed by atoms with Crippen molar-refractivity contribution < 1.29 is 4.74 Å². The summed E-state index contributed by atoms with van der Waals surface area (Å²) in [5, 5.41) is 11.9. The highest BCUT2D eigenvalue weighted by Gasteiger charge is 2.24. The van der Waals surface area contributed by atoms with Gasteiger partial charge in [-0.25, -0.2) is 9.97 Å². The Morgan fingerprint density at radius 2 is 2.21 bits per heavy atom. The zero-order valence-corrected chi connectivity index (χ0v) is 16.3. The van der Waals surface area contributed by atoms with Gasteiger partial charge >= 0.3 is 0 Å². The number of nitrogens with zero attached hydrogens (tertiary/aromatic N) is 5. The molecule has 1 aliphatic rings. The maximum atomic E-state index is 6.35. The highest BCUT2D eigenvalue weighted by molar-refractivity contribution is 5.95. The van der Waals surface area contributed by atoms with Crippen LogP contribution in [-0.2, 0) is 0 Å². The second-order valence-corrected chi connectivity index (χ2v) is 7.30. The van der Waals surface area contributed by atoms with Gasteiger partial charge in [0.15, 0.2) is 0 Å². The molecular weight excluding hydrogens is 368 g/mol. The Balaban J connectivity index is 1.65. The fourth-order valence-corrected chi connectivity index (χ4v) is 3.83. The van der Waals surface area contributed by atoms with Crippen molar-refractivity contribution in [2.75, 3.05) is 30.8 Å². The van der Waals surface area contributed by atoms with Crippen molar-refractivity contribution in [3.63, 3.8) is 0 Å². The van der Waals surface area contributed by atoms with Crippen LogP contribution in [0.1, 0.15) is 12.0 Å². The second-order valence-electron chi connectivity index (χ2n) is 7.30. The number of anilines is 2. The fourth-order valence-electron chi connectivity index (χ4n) is 3.83. The third kappa shape index (κ3) is 2.99. The summed E-state index contributed by atoms with van der Waals surface area (Å²) in [7, 11) is 1.98. The number of nitrogens with one attached hydrogen (secondary N) is 2. The molecule has 0 spiro atoms. The fraction of sp³-hybridized carbons (Fsp3) is 0.300. The number of hydrogen-bond donors (Lipinski definition) is 3. The van der Waals surface area contributed by atoms with Gasteiger partial charge in [-0.05, 0) is 32.0 Å². The number of fused-ring (bicyclic) bond motifs is 2. The third-order valence-electron chi connectivity index (χ3n) is 5.49. The number of aromatic amines is 1. The zero-order chi connectivity index (χ0) is 20.0. The van der Waals surface area contributed by atoms with Crippen molar-refractivity contribution in [1.82, 2.24) is 30.5 Å². The minimum atomic E-state index is 0.343. The predicted molar refractivity (Wildman–Crippen MR) is 112 cm³/mol. The lowest BCUT2D eigenvalue weighted by molar-refractivity contribution is 0.471. The summed E-state index contributed by atoms with van der Waals surface area (Å²) in [6.07, 6.45) is 4.28. The van der Waals surface area contributed by atoms with E-state index in [-0.39, 0.29) is 0 Å². The highest BCUT2D eigenvalue weighted by atomic mass is 16.5. The summed E-state index contributed by atoms with van der Waals surface area (Å²) >= 11 is 0. The Kier molecular flexibility index (Phi) is 4.17. The van der Waals surface area contributed by atoms with Crippen molar-refractivity contribution >= 4 is 33.4 Å². The van der Waals surface area contributed by atoms with Crippen LogP contribution in [-0.4, -0.2) is 51.3 Å². The molecule has 9 heteroatoms. The van der Waals surface area contributed by atoms with Gasteiger partial charge in [-0.3, -0.25) is 5.10 Å². The number of hydrogen-bond acceptors (Lipinski definition) is 8. The van der Waals surface area contributed by atoms with Crippen LogP contribution in [0.3, 0.4) is 0 Å². The van der Waals surface area contributed by atoms with Gasteiger partial charge in [0.05, 0.1) is 22.6 Å². The van der Waals surface area contributed by atoms with E-state index in [0.717, 1.165) is 41.8 Å². The summed E-state index contributed by atoms with van der Waals surface area (Å²) in [5.74, 6) is 2.26. The summed E-state index contributed by atoms with van der Waals surface area (Å²) in [5.41, 5.74) is 8.76. The SMILES string of the molecule is CN[C@@H]1CCN(c2cc3ncnc(N)c3c(Oc3c(C)ccc4[nH]ncc34)n2)C1. The van der Waals surface area contributed by atoms with E-state index in [0.29, 0.717) is 34.4 Å². The lowest BCUT2D eigenvalue weighted by atomic mass is 10.1. The van der Waals surface area contributed by atoms with E-state index >= 15 is 0 Å². The second kappa shape index (κ2) is 6.85. The van der Waals surface area contributed by atoms with Gasteiger partial charge in [0.25, 0.3) is 0 Å². The zero-order valence-electron chi connectivity index (χ0n) is 16.3. The smallest absolute Gasteiger partial charge is 0.234 e. The molecular formula is C20H22N8O. The minimum absolute atomic E-state index is 0.343. The summed E-state index contributed by atoms with van der Waals surface area (Å²) in [6, 6.07) is 6.35. The Morgan fingerprint density at radius 1 is 1.31 bits per heavy atom. The minimum Gasteiger partial charge on any atom is -0.437 e. The molecule has 148 valence electrons. The van der Waals surface area contributed by atoms with Gasteiger partial charge in [0, 0.05) is 25.2 Å². The Hall–Kier alpha value is -3.46.